The highest BCUT2D eigenvalue weighted by Crippen LogP contribution is 2.42. The lowest BCUT2D eigenvalue weighted by atomic mass is 9.82. The van der Waals surface area contributed by atoms with Crippen molar-refractivity contribution in [2.45, 2.75) is 111 Å². The minimum Gasteiger partial charge on any atom is -0.481 e. The van der Waals surface area contributed by atoms with Crippen molar-refractivity contribution in [2.75, 3.05) is 84.0 Å². The summed E-state index contributed by atoms with van der Waals surface area (Å²) in [7, 11) is 0. The molecular weight excluding hydrogens is 1260 g/mol. The Labute approximate surface area is 555 Å². The van der Waals surface area contributed by atoms with Gasteiger partial charge < -0.3 is 59.9 Å². The van der Waals surface area contributed by atoms with Crippen LogP contribution in [0.3, 0.4) is 0 Å². The van der Waals surface area contributed by atoms with Crippen LogP contribution in [0.15, 0.2) is 103 Å². The minimum atomic E-state index is -1.36. The fourth-order valence-electron chi connectivity index (χ4n) is 10.1. The lowest BCUT2D eigenvalue weighted by molar-refractivity contribution is -0.143. The molecule has 0 aliphatic carbocycles. The molecule has 0 unspecified atom stereocenters. The van der Waals surface area contributed by atoms with E-state index in [0.717, 1.165) is 58.1 Å². The van der Waals surface area contributed by atoms with E-state index in [1.807, 2.05) is 61.7 Å². The number of carboxylic acid groups (broad SMARTS) is 1. The SMILES string of the molecule is C[C@H](NC(=O)OCc1ccccc1)C(=O)C[C@H](C)C(=O)N[C@@H](CC(N)=O)C(=O)CCCCN(C(=O)CSC[C@H](CC(=O)CCOCCOCCOCCOCCNC(=O)CN1C(=O)C=CC1=O)C(=O)O)[C@@H](c1cc(-c2cc(F)ccc2F)cn1Cc1ccccc1)C(C)(C)C. The predicted molar refractivity (Wildman–Crippen MR) is 347 cm³/mol. The van der Waals surface area contributed by atoms with E-state index >= 15 is 4.39 Å². The maximum absolute atomic E-state index is 15.6. The second kappa shape index (κ2) is 40.0. The molecule has 1 aliphatic heterocycles. The summed E-state index contributed by atoms with van der Waals surface area (Å²) in [5.74, 6) is -10.1. The number of hydrogen-bond acceptors (Lipinski definition) is 17. The number of thioether (sulfide) groups is 1. The summed E-state index contributed by atoms with van der Waals surface area (Å²) in [4.78, 5) is 143. The number of unbranched alkanes of at least 4 members (excludes halogenated alkanes) is 1. The number of hydrogen-bond donors (Lipinski definition) is 5. The first-order valence-electron chi connectivity index (χ1n) is 31.3. The minimum absolute atomic E-state index is 0.00607. The molecule has 1 aromatic heterocycles. The first-order valence-corrected chi connectivity index (χ1v) is 32.5. The Kier molecular flexibility index (Phi) is 32.5. The summed E-state index contributed by atoms with van der Waals surface area (Å²) in [5, 5.41) is 17.8. The number of imide groups is 1. The monoisotopic (exact) mass is 1340 g/mol. The topological polar surface area (TPSA) is 328 Å². The number of halogens is 2. The highest BCUT2D eigenvalue weighted by Gasteiger charge is 2.38. The third-order valence-electron chi connectivity index (χ3n) is 15.0. The number of benzene rings is 3. The molecule has 1 aliphatic rings. The summed E-state index contributed by atoms with van der Waals surface area (Å²) >= 11 is 1.02. The van der Waals surface area contributed by atoms with E-state index in [1.165, 1.54) is 13.8 Å². The number of aromatic nitrogens is 1. The highest BCUT2D eigenvalue weighted by molar-refractivity contribution is 7.99. The zero-order chi connectivity index (χ0) is 69.5. The van der Waals surface area contributed by atoms with E-state index in [4.69, 9.17) is 29.4 Å². The van der Waals surface area contributed by atoms with Gasteiger partial charge in [-0.1, -0.05) is 88.4 Å². The lowest BCUT2D eigenvalue weighted by Crippen LogP contribution is -2.46. The fourth-order valence-corrected chi connectivity index (χ4v) is 11.1. The zero-order valence-corrected chi connectivity index (χ0v) is 55.1. The van der Waals surface area contributed by atoms with Gasteiger partial charge in [0, 0.05) is 92.2 Å². The highest BCUT2D eigenvalue weighted by atomic mass is 32.2. The molecule has 0 radical (unpaired) electrons. The van der Waals surface area contributed by atoms with E-state index in [0.29, 0.717) is 11.3 Å². The number of alkyl carbamates (subject to hydrolysis) is 1. The van der Waals surface area contributed by atoms with Crippen LogP contribution in [0.5, 0.6) is 0 Å². The number of nitrogens with zero attached hydrogens (tertiary/aromatic N) is 3. The standard InChI is InChI=1S/C68H87F2N7O17S/c1-45(34-58(80)46(2)73-67(89)94-42-48-16-10-7-11-17-48)65(86)74-55(38-59(71)81)57(79)18-12-13-25-76(64(68(3,4)5)56-36-49(53-37-51(69)19-20-54(53)70)40-75(56)39-47-14-8-6-9-15-47)63(85)44-95-43-50(66(87)88)35-52(78)23-26-90-28-30-92-32-33-93-31-29-91-27-24-72-60(82)41-77-61(83)21-22-62(77)84/h6-11,14-17,19-22,36-37,40,45-46,50,55,64H,12-13,18,23-35,38-39,41-44H2,1-5H3,(H2,71,81)(H,72,82)(H,73,89)(H,74,86)(H,87,88)/t45-,46-,50-,55-,64-/m0/s1. The molecule has 0 bridgehead atoms. The van der Waals surface area contributed by atoms with Crippen molar-refractivity contribution >= 4 is 76.6 Å². The summed E-state index contributed by atoms with van der Waals surface area (Å²) in [6.45, 7) is 10.2. The molecule has 6 N–H and O–H groups in total. The van der Waals surface area contributed by atoms with E-state index in [2.05, 4.69) is 16.0 Å². The van der Waals surface area contributed by atoms with Crippen LogP contribution >= 0.6 is 11.8 Å². The van der Waals surface area contributed by atoms with Gasteiger partial charge in [0.1, 0.15) is 30.6 Å². The Balaban J connectivity index is 1.16. The second-order valence-corrected chi connectivity index (χ2v) is 24.9. The Bertz CT molecular complexity index is 3250. The Morgan fingerprint density at radius 1 is 0.716 bits per heavy atom. The summed E-state index contributed by atoms with van der Waals surface area (Å²) in [6, 6.07) is 19.9. The average molecular weight is 1340 g/mol. The van der Waals surface area contributed by atoms with Crippen LogP contribution < -0.4 is 21.7 Å². The summed E-state index contributed by atoms with van der Waals surface area (Å²) in [5.41, 5.74) is 7.25. The molecule has 0 saturated carbocycles. The van der Waals surface area contributed by atoms with Crippen molar-refractivity contribution in [3.05, 3.63) is 132 Å². The molecule has 0 saturated heterocycles. The van der Waals surface area contributed by atoms with Gasteiger partial charge in [0.2, 0.25) is 23.6 Å². The molecule has 3 aromatic carbocycles. The second-order valence-electron chi connectivity index (χ2n) is 23.8. The van der Waals surface area contributed by atoms with Crippen LogP contribution in [-0.4, -0.2) is 180 Å². The molecule has 95 heavy (non-hydrogen) atoms. The largest absolute Gasteiger partial charge is 0.481 e. The van der Waals surface area contributed by atoms with Crippen molar-refractivity contribution in [2.24, 2.45) is 23.0 Å². The predicted octanol–water partition coefficient (Wildman–Crippen LogP) is 6.30. The van der Waals surface area contributed by atoms with Gasteiger partial charge in [-0.2, -0.15) is 11.8 Å². The van der Waals surface area contributed by atoms with Gasteiger partial charge >= 0.3 is 12.1 Å². The fraction of sp³-hybridized carbons (Fsp3) is 0.485. The number of amides is 7. The number of rotatable bonds is 45. The van der Waals surface area contributed by atoms with Crippen molar-refractivity contribution in [3.8, 4) is 11.1 Å². The molecule has 4 aromatic rings. The maximum atomic E-state index is 15.6. The van der Waals surface area contributed by atoms with Crippen LogP contribution in [0.25, 0.3) is 11.1 Å². The molecule has 516 valence electrons. The molecule has 7 amide bonds. The summed E-state index contributed by atoms with van der Waals surface area (Å²) in [6.07, 6.45) is 1.90. The van der Waals surface area contributed by atoms with Crippen LogP contribution in [0, 0.1) is 28.9 Å². The van der Waals surface area contributed by atoms with Gasteiger partial charge in [0.05, 0.1) is 89.1 Å². The molecule has 5 rings (SSSR count). The van der Waals surface area contributed by atoms with E-state index in [1.54, 1.807) is 41.4 Å². The normalized spacial score (nSPS) is 13.7. The third kappa shape index (κ3) is 27.4. The van der Waals surface area contributed by atoms with Crippen LogP contribution in [0.1, 0.15) is 102 Å². The van der Waals surface area contributed by atoms with Crippen LogP contribution in [0.4, 0.5) is 13.6 Å². The van der Waals surface area contributed by atoms with Crippen molar-refractivity contribution in [1.82, 2.24) is 30.3 Å². The lowest BCUT2D eigenvalue weighted by Gasteiger charge is -2.41. The van der Waals surface area contributed by atoms with Gasteiger partial charge in [-0.3, -0.25) is 52.8 Å². The smallest absolute Gasteiger partial charge is 0.408 e. The molecular formula is C68H87F2N7O17S. The van der Waals surface area contributed by atoms with E-state index in [-0.39, 0.29) is 147 Å². The molecule has 24 nitrogen and oxygen atoms in total. The van der Waals surface area contributed by atoms with Crippen molar-refractivity contribution in [3.63, 3.8) is 0 Å². The number of primary amides is 1. The number of Topliss-reactive ketones (excluding diaryl/α,β-unsaturated/α-hetero) is 3. The molecule has 27 heteroatoms. The van der Waals surface area contributed by atoms with Crippen LogP contribution in [-0.2, 0) is 84.8 Å². The molecule has 0 spiro atoms. The van der Waals surface area contributed by atoms with Crippen LogP contribution in [0.2, 0.25) is 0 Å². The first kappa shape index (κ1) is 77.2. The van der Waals surface area contributed by atoms with E-state index < -0.39 is 113 Å². The maximum Gasteiger partial charge on any atom is 0.408 e. The number of ether oxygens (including phenoxy) is 5. The van der Waals surface area contributed by atoms with Gasteiger partial charge in [0.25, 0.3) is 11.8 Å². The van der Waals surface area contributed by atoms with Gasteiger partial charge in [-0.05, 0) is 60.6 Å². The zero-order valence-electron chi connectivity index (χ0n) is 54.3. The molecule has 2 heterocycles. The number of nitrogens with two attached hydrogens (primary N) is 1. The van der Waals surface area contributed by atoms with Gasteiger partial charge in [-0.25, -0.2) is 13.6 Å². The third-order valence-corrected chi connectivity index (χ3v) is 16.1. The number of carbonyl (C=O) groups is 11. The van der Waals surface area contributed by atoms with Crippen molar-refractivity contribution < 1.29 is 90.3 Å². The number of carboxylic acids is 1. The summed E-state index contributed by atoms with van der Waals surface area (Å²) < 4.78 is 59.3. The average Bonchev–Trinajstić information content (AvgIpc) is 1.66. The Hall–Kier alpha value is -8.50. The molecule has 5 atom stereocenters. The van der Waals surface area contributed by atoms with Crippen molar-refractivity contribution in [1.29, 1.82) is 0 Å². The Morgan fingerprint density at radius 2 is 1.33 bits per heavy atom. The van der Waals surface area contributed by atoms with E-state index in [9.17, 15) is 62.2 Å². The first-order chi connectivity index (χ1) is 45.3. The Morgan fingerprint density at radius 3 is 1.94 bits per heavy atom. The van der Waals surface area contributed by atoms with Gasteiger partial charge in [0.15, 0.2) is 11.6 Å². The quantitative estimate of drug-likeness (QED) is 0.0239. The number of aliphatic carboxylic acids is 1. The van der Waals surface area contributed by atoms with Gasteiger partial charge in [-0.15, -0.1) is 0 Å². The number of nitrogens with one attached hydrogen (secondary N) is 3. The number of ketones is 3. The number of carbonyl (C=O) groups excluding carboxylic acids is 10. The molecule has 0 fully saturated rings.